The normalized spacial score (nSPS) is 11.3. The number of hydrogen-bond acceptors (Lipinski definition) is 4. The summed E-state index contributed by atoms with van der Waals surface area (Å²) in [5.41, 5.74) is 4.73. The van der Waals surface area contributed by atoms with E-state index in [9.17, 15) is 4.79 Å². The van der Waals surface area contributed by atoms with E-state index < -0.39 is 0 Å². The maximum atomic E-state index is 12.6. The zero-order valence-electron chi connectivity index (χ0n) is 29.0. The number of hydrogen-bond donors (Lipinski definition) is 0. The Hall–Kier alpha value is -3.27. The average molecular weight is 625 g/mol. The number of unbranched alkanes of at least 4 members (excludes halogenated alkanes) is 17. The van der Waals surface area contributed by atoms with Gasteiger partial charge in [-0.15, -0.1) is 0 Å². The van der Waals surface area contributed by atoms with Crippen LogP contribution in [0.4, 0.5) is 11.4 Å². The van der Waals surface area contributed by atoms with Crippen LogP contribution in [0.2, 0.25) is 0 Å². The molecule has 0 aromatic heterocycles. The van der Waals surface area contributed by atoms with Crippen LogP contribution in [0.15, 0.2) is 83.0 Å². The van der Waals surface area contributed by atoms with Crippen molar-refractivity contribution in [1.82, 2.24) is 0 Å². The Bertz CT molecular complexity index is 1220. The van der Waals surface area contributed by atoms with E-state index in [0.717, 1.165) is 18.5 Å². The van der Waals surface area contributed by atoms with Crippen molar-refractivity contribution < 1.29 is 9.53 Å². The monoisotopic (exact) mass is 624 g/mol. The van der Waals surface area contributed by atoms with E-state index in [0.29, 0.717) is 17.0 Å². The Morgan fingerprint density at radius 1 is 0.457 bits per heavy atom. The number of ether oxygens (including phenoxy) is 1. The van der Waals surface area contributed by atoms with Crippen molar-refractivity contribution in [2.24, 2.45) is 10.2 Å². The summed E-state index contributed by atoms with van der Waals surface area (Å²) in [6.45, 7) is 4.49. The molecule has 3 aromatic rings. The Morgan fingerprint density at radius 3 is 1.26 bits per heavy atom. The number of azo groups is 1. The lowest BCUT2D eigenvalue weighted by molar-refractivity contribution is 0.0734. The third kappa shape index (κ3) is 16.3. The first-order valence-electron chi connectivity index (χ1n) is 18.6. The van der Waals surface area contributed by atoms with Crippen LogP contribution in [0, 0.1) is 0 Å². The van der Waals surface area contributed by atoms with E-state index in [2.05, 4.69) is 36.2 Å². The summed E-state index contributed by atoms with van der Waals surface area (Å²) in [5, 5.41) is 8.74. The fraction of sp³-hybridized carbons (Fsp3) is 0.548. The molecule has 4 nitrogen and oxygen atoms in total. The molecule has 0 fully saturated rings. The molecule has 0 atom stereocenters. The first-order valence-corrected chi connectivity index (χ1v) is 18.6. The minimum atomic E-state index is -0.353. The molecule has 0 aliphatic carbocycles. The van der Waals surface area contributed by atoms with Crippen molar-refractivity contribution in [3.05, 3.63) is 89.5 Å². The van der Waals surface area contributed by atoms with Gasteiger partial charge in [0.25, 0.3) is 0 Å². The lowest BCUT2D eigenvalue weighted by Gasteiger charge is -2.06. The first-order chi connectivity index (χ1) is 22.7. The predicted molar refractivity (Wildman–Crippen MR) is 195 cm³/mol. The molecule has 3 rings (SSSR count). The number of esters is 1. The van der Waals surface area contributed by atoms with Gasteiger partial charge >= 0.3 is 5.97 Å². The molecular weight excluding hydrogens is 564 g/mol. The van der Waals surface area contributed by atoms with Gasteiger partial charge in [-0.05, 0) is 85.3 Å². The molecule has 4 heteroatoms. The van der Waals surface area contributed by atoms with Crippen LogP contribution in [-0.4, -0.2) is 5.97 Å². The van der Waals surface area contributed by atoms with Crippen LogP contribution in [0.5, 0.6) is 5.75 Å². The predicted octanol–water partition coefficient (Wildman–Crippen LogP) is 13.9. The quantitative estimate of drug-likeness (QED) is 0.0407. The van der Waals surface area contributed by atoms with Crippen LogP contribution in [-0.2, 0) is 12.8 Å². The van der Waals surface area contributed by atoms with E-state index in [1.807, 2.05) is 48.5 Å². The maximum Gasteiger partial charge on any atom is 0.343 e. The molecule has 0 saturated heterocycles. The SMILES string of the molecule is CCCCCCCCCCCCCCCCCCc1ccc(N=Nc2ccc(OC(=O)c3ccc(CCCCC)cc3)cc2)cc1. The van der Waals surface area contributed by atoms with Crippen LogP contribution in [0.25, 0.3) is 0 Å². The average Bonchev–Trinajstić information content (AvgIpc) is 3.08. The fourth-order valence-corrected chi connectivity index (χ4v) is 5.86. The molecule has 0 N–H and O–H groups in total. The highest BCUT2D eigenvalue weighted by Gasteiger charge is 2.09. The molecular formula is C42H60N2O2. The highest BCUT2D eigenvalue weighted by Crippen LogP contribution is 2.23. The lowest BCUT2D eigenvalue weighted by atomic mass is 10.0. The van der Waals surface area contributed by atoms with Gasteiger partial charge in [-0.1, -0.05) is 147 Å². The lowest BCUT2D eigenvalue weighted by Crippen LogP contribution is -2.08. The van der Waals surface area contributed by atoms with Gasteiger partial charge in [0.05, 0.1) is 16.9 Å². The van der Waals surface area contributed by atoms with Gasteiger partial charge in [0.1, 0.15) is 5.75 Å². The minimum absolute atomic E-state index is 0.353. The summed E-state index contributed by atoms with van der Waals surface area (Å²) in [6.07, 6.45) is 28.2. The molecule has 0 heterocycles. The minimum Gasteiger partial charge on any atom is -0.423 e. The molecule has 0 unspecified atom stereocenters. The summed E-state index contributed by atoms with van der Waals surface area (Å²) in [5.74, 6) is 0.142. The number of carbonyl (C=O) groups excluding carboxylic acids is 1. The van der Waals surface area contributed by atoms with Gasteiger partial charge in [-0.3, -0.25) is 0 Å². The summed E-state index contributed by atoms with van der Waals surface area (Å²) in [6, 6.07) is 23.3. The molecule has 0 amide bonds. The second kappa shape index (κ2) is 24.0. The van der Waals surface area contributed by atoms with Crippen molar-refractivity contribution in [2.45, 2.75) is 149 Å². The van der Waals surface area contributed by atoms with E-state index in [-0.39, 0.29) is 5.97 Å². The van der Waals surface area contributed by atoms with Gasteiger partial charge in [-0.25, -0.2) is 4.79 Å². The Balaban J connectivity index is 1.23. The van der Waals surface area contributed by atoms with E-state index in [1.54, 1.807) is 12.1 Å². The van der Waals surface area contributed by atoms with Crippen molar-refractivity contribution in [2.75, 3.05) is 0 Å². The van der Waals surface area contributed by atoms with Crippen LogP contribution in [0.3, 0.4) is 0 Å². The van der Waals surface area contributed by atoms with Crippen LogP contribution in [0.1, 0.15) is 157 Å². The van der Waals surface area contributed by atoms with Crippen molar-refractivity contribution in [3.63, 3.8) is 0 Å². The molecule has 0 aliphatic rings. The second-order valence-electron chi connectivity index (χ2n) is 13.0. The van der Waals surface area contributed by atoms with Gasteiger partial charge in [-0.2, -0.15) is 10.2 Å². The highest BCUT2D eigenvalue weighted by atomic mass is 16.5. The van der Waals surface area contributed by atoms with Crippen molar-refractivity contribution >= 4 is 17.3 Å². The van der Waals surface area contributed by atoms with E-state index in [1.165, 1.54) is 133 Å². The number of benzene rings is 3. The zero-order valence-corrected chi connectivity index (χ0v) is 29.0. The second-order valence-corrected chi connectivity index (χ2v) is 13.0. The largest absolute Gasteiger partial charge is 0.423 e. The Kier molecular flexibility index (Phi) is 19.4. The van der Waals surface area contributed by atoms with E-state index in [4.69, 9.17) is 4.74 Å². The maximum absolute atomic E-state index is 12.6. The third-order valence-electron chi connectivity index (χ3n) is 8.84. The van der Waals surface area contributed by atoms with Crippen molar-refractivity contribution in [1.29, 1.82) is 0 Å². The first kappa shape index (κ1) is 37.2. The van der Waals surface area contributed by atoms with Gasteiger partial charge in [0, 0.05) is 0 Å². The highest BCUT2D eigenvalue weighted by molar-refractivity contribution is 5.91. The number of rotatable bonds is 25. The molecule has 0 bridgehead atoms. The Labute approximate surface area is 280 Å². The summed E-state index contributed by atoms with van der Waals surface area (Å²) in [7, 11) is 0. The van der Waals surface area contributed by atoms with Gasteiger partial charge < -0.3 is 4.74 Å². The summed E-state index contributed by atoms with van der Waals surface area (Å²) in [4.78, 5) is 12.6. The summed E-state index contributed by atoms with van der Waals surface area (Å²) < 4.78 is 5.55. The third-order valence-corrected chi connectivity index (χ3v) is 8.84. The topological polar surface area (TPSA) is 51.0 Å². The smallest absolute Gasteiger partial charge is 0.343 e. The number of nitrogens with zero attached hydrogens (tertiary/aromatic N) is 2. The molecule has 250 valence electrons. The van der Waals surface area contributed by atoms with Crippen LogP contribution >= 0.6 is 0 Å². The standard InChI is InChI=1S/C42H60N2O2/c1-3-5-7-8-9-10-11-12-13-14-15-16-17-18-19-21-23-37-26-30-39(31-27-37)43-44-40-32-34-41(35-33-40)46-42(45)38-28-24-36(25-29-38)22-20-6-4-2/h24-35H,3-23H2,1-2H3. The van der Waals surface area contributed by atoms with Crippen molar-refractivity contribution in [3.8, 4) is 5.75 Å². The zero-order chi connectivity index (χ0) is 32.5. The molecule has 3 aromatic carbocycles. The number of carbonyl (C=O) groups is 1. The Morgan fingerprint density at radius 2 is 0.804 bits per heavy atom. The molecule has 46 heavy (non-hydrogen) atoms. The van der Waals surface area contributed by atoms with Gasteiger partial charge in [0.2, 0.25) is 0 Å². The van der Waals surface area contributed by atoms with Crippen LogP contribution < -0.4 is 4.74 Å². The number of aryl methyl sites for hydroxylation is 2. The molecule has 0 spiro atoms. The molecule has 0 aliphatic heterocycles. The van der Waals surface area contributed by atoms with Gasteiger partial charge in [0.15, 0.2) is 0 Å². The van der Waals surface area contributed by atoms with E-state index >= 15 is 0 Å². The molecule has 0 radical (unpaired) electrons. The summed E-state index contributed by atoms with van der Waals surface area (Å²) >= 11 is 0. The fourth-order valence-electron chi connectivity index (χ4n) is 5.86. The molecule has 0 saturated carbocycles.